The van der Waals surface area contributed by atoms with Crippen LogP contribution in [-0.2, 0) is 12.8 Å². The minimum absolute atomic E-state index is 0.976. The summed E-state index contributed by atoms with van der Waals surface area (Å²) in [7, 11) is -2.62. The van der Waals surface area contributed by atoms with E-state index in [0.717, 1.165) is 12.8 Å². The van der Waals surface area contributed by atoms with Gasteiger partial charge in [-0.3, -0.25) is 0 Å². The van der Waals surface area contributed by atoms with Crippen LogP contribution in [0.15, 0.2) is 156 Å². The molecular formula is C44H36Si. The first-order chi connectivity index (χ1) is 22.1. The lowest BCUT2D eigenvalue weighted by atomic mass is 9.96. The molecule has 0 atom stereocenters. The first-order valence-corrected chi connectivity index (χ1v) is 18.0. The maximum Gasteiger partial charge on any atom is 0.172 e. The van der Waals surface area contributed by atoms with Crippen LogP contribution in [0.2, 0.25) is 0 Å². The van der Waals surface area contributed by atoms with Gasteiger partial charge in [0.25, 0.3) is 0 Å². The van der Waals surface area contributed by atoms with E-state index in [9.17, 15) is 0 Å². The van der Waals surface area contributed by atoms with Crippen molar-refractivity contribution >= 4 is 30.6 Å². The molecule has 0 unspecified atom stereocenters. The van der Waals surface area contributed by atoms with Crippen LogP contribution < -0.4 is 10.4 Å². The normalized spacial score (nSPS) is 13.6. The van der Waals surface area contributed by atoms with Crippen LogP contribution in [0.25, 0.3) is 34.4 Å². The zero-order valence-electron chi connectivity index (χ0n) is 25.9. The summed E-state index contributed by atoms with van der Waals surface area (Å²) < 4.78 is 0. The second kappa shape index (κ2) is 11.2. The highest BCUT2D eigenvalue weighted by Gasteiger charge is 2.47. The van der Waals surface area contributed by atoms with Gasteiger partial charge in [-0.2, -0.15) is 0 Å². The predicted octanol–water partition coefficient (Wildman–Crippen LogP) is 9.56. The summed E-state index contributed by atoms with van der Waals surface area (Å²) in [4.78, 5) is 0. The van der Waals surface area contributed by atoms with Gasteiger partial charge in [0, 0.05) is 0 Å². The fourth-order valence-corrected chi connectivity index (χ4v) is 13.1. The first kappa shape index (κ1) is 27.6. The van der Waals surface area contributed by atoms with E-state index in [2.05, 4.69) is 172 Å². The summed E-state index contributed by atoms with van der Waals surface area (Å²) in [6, 6.07) is 54.6. The number of hydrogen-bond acceptors (Lipinski definition) is 0. The van der Waals surface area contributed by atoms with E-state index >= 15 is 0 Å². The number of rotatable bonds is 6. The molecule has 0 amide bonds. The van der Waals surface area contributed by atoms with E-state index in [1.807, 2.05) is 0 Å². The molecule has 0 N–H and O–H groups in total. The molecular weight excluding hydrogens is 557 g/mol. The molecule has 216 valence electrons. The average molecular weight is 593 g/mol. The first-order valence-electron chi connectivity index (χ1n) is 16.0. The Balaban J connectivity index is 1.38. The van der Waals surface area contributed by atoms with Crippen LogP contribution in [0, 0.1) is 13.8 Å². The molecule has 1 heteroatoms. The van der Waals surface area contributed by atoms with Gasteiger partial charge in [-0.05, 0) is 81.6 Å². The summed E-state index contributed by atoms with van der Waals surface area (Å²) >= 11 is 0. The van der Waals surface area contributed by atoms with E-state index < -0.39 is 8.07 Å². The molecule has 8 rings (SSSR count). The van der Waals surface area contributed by atoms with Crippen LogP contribution in [0.1, 0.15) is 33.4 Å². The average Bonchev–Trinajstić information content (AvgIpc) is 3.71. The lowest BCUT2D eigenvalue weighted by Crippen LogP contribution is -2.62. The Labute approximate surface area is 268 Å². The van der Waals surface area contributed by atoms with Gasteiger partial charge < -0.3 is 0 Å². The SMILES string of the molecule is Cc1cccc(-c2cccc3c2C=C([Si](C2=Cc4c(cccc4-c4cccc(C)c4)C2)(c2ccccc2)c2ccccc2)C3)c1. The third-order valence-corrected chi connectivity index (χ3v) is 14.8. The zero-order chi connectivity index (χ0) is 30.4. The maximum atomic E-state index is 2.59. The molecule has 0 saturated heterocycles. The van der Waals surface area contributed by atoms with Crippen molar-refractivity contribution in [2.45, 2.75) is 26.7 Å². The van der Waals surface area contributed by atoms with Gasteiger partial charge in [-0.1, -0.05) is 179 Å². The van der Waals surface area contributed by atoms with Gasteiger partial charge in [0.15, 0.2) is 8.07 Å². The smallest absolute Gasteiger partial charge is 0.0626 e. The highest BCUT2D eigenvalue weighted by atomic mass is 28.3. The standard InChI is InChI=1S/C44H36Si/c1-31-13-9-15-33(25-31)41-23-11-17-35-27-39(29-43(35)41)45(37-19-5-3-6-20-37,38-21-7-4-8-22-38)40-28-36-18-12-24-42(44(36)30-40)34-16-10-14-32(2)26-34/h3-26,29-30H,27-28H2,1-2H3. The van der Waals surface area contributed by atoms with Crippen LogP contribution in [-0.4, -0.2) is 8.07 Å². The quantitative estimate of drug-likeness (QED) is 0.169. The Bertz CT molecular complexity index is 1960. The van der Waals surface area contributed by atoms with Gasteiger partial charge in [0.05, 0.1) is 0 Å². The number of allylic oxidation sites excluding steroid dienone is 2. The molecule has 6 aromatic carbocycles. The largest absolute Gasteiger partial charge is 0.172 e. The Morgan fingerprint density at radius 1 is 0.422 bits per heavy atom. The Morgan fingerprint density at radius 2 is 0.844 bits per heavy atom. The fraction of sp³-hybridized carbons (Fsp3) is 0.0909. The highest BCUT2D eigenvalue weighted by Crippen LogP contribution is 2.43. The molecule has 45 heavy (non-hydrogen) atoms. The van der Waals surface area contributed by atoms with Crippen molar-refractivity contribution in [3.63, 3.8) is 0 Å². The van der Waals surface area contributed by atoms with E-state index in [-0.39, 0.29) is 0 Å². The molecule has 0 aliphatic heterocycles. The number of fused-ring (bicyclic) bond motifs is 2. The second-order valence-corrected chi connectivity index (χ2v) is 16.6. The molecule has 0 nitrogen and oxygen atoms in total. The Morgan fingerprint density at radius 3 is 1.27 bits per heavy atom. The van der Waals surface area contributed by atoms with Crippen molar-refractivity contribution in [1.29, 1.82) is 0 Å². The van der Waals surface area contributed by atoms with E-state index in [4.69, 9.17) is 0 Å². The summed E-state index contributed by atoms with van der Waals surface area (Å²) in [5, 5.41) is 6.07. The minimum Gasteiger partial charge on any atom is -0.0626 e. The van der Waals surface area contributed by atoms with Crippen molar-refractivity contribution in [2.75, 3.05) is 0 Å². The van der Waals surface area contributed by atoms with Crippen molar-refractivity contribution in [2.24, 2.45) is 0 Å². The molecule has 2 aliphatic carbocycles. The fourth-order valence-electron chi connectivity index (χ4n) is 7.84. The molecule has 2 aliphatic rings. The molecule has 0 aromatic heterocycles. The van der Waals surface area contributed by atoms with Crippen LogP contribution in [0.4, 0.5) is 0 Å². The van der Waals surface area contributed by atoms with E-state index in [0.29, 0.717) is 0 Å². The highest BCUT2D eigenvalue weighted by molar-refractivity contribution is 7.13. The van der Waals surface area contributed by atoms with Gasteiger partial charge in [0.2, 0.25) is 0 Å². The molecule has 0 saturated carbocycles. The van der Waals surface area contributed by atoms with Gasteiger partial charge in [-0.15, -0.1) is 0 Å². The summed E-state index contributed by atoms with van der Waals surface area (Å²) in [6.07, 6.45) is 7.13. The van der Waals surface area contributed by atoms with Crippen molar-refractivity contribution in [1.82, 2.24) is 0 Å². The molecule has 6 aromatic rings. The van der Waals surface area contributed by atoms with Crippen LogP contribution in [0.3, 0.4) is 0 Å². The molecule has 0 fully saturated rings. The third kappa shape index (κ3) is 4.67. The molecule has 0 spiro atoms. The van der Waals surface area contributed by atoms with Crippen molar-refractivity contribution < 1.29 is 0 Å². The zero-order valence-corrected chi connectivity index (χ0v) is 26.9. The predicted molar refractivity (Wildman–Crippen MR) is 194 cm³/mol. The van der Waals surface area contributed by atoms with Crippen molar-refractivity contribution in [3.8, 4) is 22.3 Å². The van der Waals surface area contributed by atoms with Crippen LogP contribution in [0.5, 0.6) is 0 Å². The van der Waals surface area contributed by atoms with Crippen LogP contribution >= 0.6 is 0 Å². The van der Waals surface area contributed by atoms with Crippen molar-refractivity contribution in [3.05, 3.63) is 189 Å². The summed E-state index contributed by atoms with van der Waals surface area (Å²) in [6.45, 7) is 4.37. The molecule has 0 radical (unpaired) electrons. The third-order valence-electron chi connectivity index (χ3n) is 9.83. The number of benzene rings is 6. The topological polar surface area (TPSA) is 0 Å². The summed E-state index contributed by atoms with van der Waals surface area (Å²) in [5.74, 6) is 0. The Hall–Kier alpha value is -4.98. The van der Waals surface area contributed by atoms with Gasteiger partial charge in [0.1, 0.15) is 0 Å². The minimum atomic E-state index is -2.62. The molecule has 0 heterocycles. The summed E-state index contributed by atoms with van der Waals surface area (Å²) in [5.41, 5.74) is 13.5. The maximum absolute atomic E-state index is 2.62. The van der Waals surface area contributed by atoms with E-state index in [1.54, 1.807) is 10.4 Å². The lowest BCUT2D eigenvalue weighted by molar-refractivity contribution is 1.24. The van der Waals surface area contributed by atoms with E-state index in [1.165, 1.54) is 66.0 Å². The lowest BCUT2D eigenvalue weighted by Gasteiger charge is -2.36. The number of aryl methyl sites for hydroxylation is 2. The Kier molecular flexibility index (Phi) is 6.85. The molecule has 0 bridgehead atoms. The monoisotopic (exact) mass is 592 g/mol. The van der Waals surface area contributed by atoms with Gasteiger partial charge >= 0.3 is 0 Å². The van der Waals surface area contributed by atoms with Gasteiger partial charge in [-0.25, -0.2) is 0 Å². The number of hydrogen-bond donors (Lipinski definition) is 0. The second-order valence-electron chi connectivity index (χ2n) is 12.7.